The van der Waals surface area contributed by atoms with Crippen LogP contribution in [0.4, 0.5) is 5.82 Å². The van der Waals surface area contributed by atoms with Crippen molar-refractivity contribution >= 4 is 27.4 Å². The van der Waals surface area contributed by atoms with Gasteiger partial charge in [-0.3, -0.25) is 0 Å². The highest BCUT2D eigenvalue weighted by molar-refractivity contribution is 7.17. The second-order valence-corrected chi connectivity index (χ2v) is 5.29. The summed E-state index contributed by atoms with van der Waals surface area (Å²) in [6, 6.07) is 2.04. The van der Waals surface area contributed by atoms with Crippen molar-refractivity contribution in [1.29, 1.82) is 0 Å². The van der Waals surface area contributed by atoms with E-state index in [0.29, 0.717) is 0 Å². The minimum atomic E-state index is 0.996. The third-order valence-corrected chi connectivity index (χ3v) is 3.93. The number of fused-ring (bicyclic) bond motifs is 1. The van der Waals surface area contributed by atoms with Gasteiger partial charge >= 0.3 is 0 Å². The molecule has 3 rings (SSSR count). The minimum Gasteiger partial charge on any atom is -0.369 e. The summed E-state index contributed by atoms with van der Waals surface area (Å²) in [6.07, 6.45) is 7.15. The Morgan fingerprint density at radius 1 is 1.38 bits per heavy atom. The third-order valence-electron chi connectivity index (χ3n) is 3.02. The molecule has 0 atom stereocenters. The molecule has 0 radical (unpaired) electrons. The first kappa shape index (κ1) is 10.0. The molecule has 0 amide bonds. The van der Waals surface area contributed by atoms with Crippen molar-refractivity contribution in [3.05, 3.63) is 17.8 Å². The zero-order valence-electron chi connectivity index (χ0n) is 9.15. The van der Waals surface area contributed by atoms with Gasteiger partial charge in [0.1, 0.15) is 12.1 Å². The van der Waals surface area contributed by atoms with Crippen LogP contribution in [-0.4, -0.2) is 16.5 Å². The van der Waals surface area contributed by atoms with E-state index in [2.05, 4.69) is 20.7 Å². The molecular weight excluding hydrogens is 218 g/mol. The maximum atomic E-state index is 4.30. The van der Waals surface area contributed by atoms with Gasteiger partial charge in [0.2, 0.25) is 0 Å². The van der Waals surface area contributed by atoms with Gasteiger partial charge in [0, 0.05) is 6.54 Å². The van der Waals surface area contributed by atoms with Crippen molar-refractivity contribution in [1.82, 2.24) is 9.97 Å². The summed E-state index contributed by atoms with van der Waals surface area (Å²) in [5.74, 6) is 2.02. The molecule has 1 aliphatic carbocycles. The number of hydrogen-bond donors (Lipinski definition) is 1. The molecule has 1 N–H and O–H groups in total. The zero-order valence-corrected chi connectivity index (χ0v) is 9.96. The molecular formula is C12H15N3S. The van der Waals surface area contributed by atoms with E-state index in [4.69, 9.17) is 0 Å². The lowest BCUT2D eigenvalue weighted by Crippen LogP contribution is -2.03. The van der Waals surface area contributed by atoms with E-state index in [1.165, 1.54) is 30.4 Å². The lowest BCUT2D eigenvalue weighted by molar-refractivity contribution is 0.687. The molecule has 1 aliphatic rings. The fourth-order valence-corrected chi connectivity index (χ4v) is 2.73. The van der Waals surface area contributed by atoms with Crippen LogP contribution >= 0.6 is 11.3 Å². The minimum absolute atomic E-state index is 0.996. The van der Waals surface area contributed by atoms with E-state index < -0.39 is 0 Å². The quantitative estimate of drug-likeness (QED) is 0.805. The standard InChI is InChI=1S/C12H15N3S/c1(2-9-3-4-9)6-13-12-11-10(5-7-16-11)14-8-15-12/h5,7-9H,1-4,6H2,(H,13,14,15). The van der Waals surface area contributed by atoms with Crippen molar-refractivity contribution in [2.24, 2.45) is 5.92 Å². The molecule has 0 unspecified atom stereocenters. The summed E-state index contributed by atoms with van der Waals surface area (Å²) >= 11 is 1.70. The van der Waals surface area contributed by atoms with Crippen LogP contribution in [0.5, 0.6) is 0 Å². The topological polar surface area (TPSA) is 37.8 Å². The molecule has 3 nitrogen and oxygen atoms in total. The van der Waals surface area contributed by atoms with Crippen molar-refractivity contribution in [2.75, 3.05) is 11.9 Å². The van der Waals surface area contributed by atoms with Crippen LogP contribution in [0.2, 0.25) is 0 Å². The maximum Gasteiger partial charge on any atom is 0.147 e. The summed E-state index contributed by atoms with van der Waals surface area (Å²) < 4.78 is 1.17. The summed E-state index contributed by atoms with van der Waals surface area (Å²) in [4.78, 5) is 8.53. The van der Waals surface area contributed by atoms with Crippen LogP contribution in [0, 0.1) is 5.92 Å². The normalized spacial score (nSPS) is 15.5. The average molecular weight is 233 g/mol. The molecule has 0 saturated heterocycles. The maximum absolute atomic E-state index is 4.30. The Morgan fingerprint density at radius 3 is 3.19 bits per heavy atom. The van der Waals surface area contributed by atoms with E-state index >= 15 is 0 Å². The van der Waals surface area contributed by atoms with E-state index in [0.717, 1.165) is 23.8 Å². The van der Waals surface area contributed by atoms with E-state index in [9.17, 15) is 0 Å². The Balaban J connectivity index is 1.61. The molecule has 4 heteroatoms. The number of nitrogens with zero attached hydrogens (tertiary/aromatic N) is 2. The van der Waals surface area contributed by atoms with Crippen LogP contribution in [-0.2, 0) is 0 Å². The monoisotopic (exact) mass is 233 g/mol. The van der Waals surface area contributed by atoms with Gasteiger partial charge < -0.3 is 5.32 Å². The first-order valence-electron chi connectivity index (χ1n) is 5.85. The second-order valence-electron chi connectivity index (χ2n) is 4.37. The lowest BCUT2D eigenvalue weighted by atomic mass is 10.2. The highest BCUT2D eigenvalue weighted by Crippen LogP contribution is 2.33. The number of thiophene rings is 1. The molecule has 1 saturated carbocycles. The summed E-state index contributed by atoms with van der Waals surface area (Å²) in [5, 5.41) is 5.48. The Hall–Kier alpha value is -1.16. The van der Waals surface area contributed by atoms with Crippen molar-refractivity contribution in [3.8, 4) is 0 Å². The third kappa shape index (κ3) is 2.16. The van der Waals surface area contributed by atoms with Crippen LogP contribution in [0.15, 0.2) is 17.8 Å². The second kappa shape index (κ2) is 4.37. The lowest BCUT2D eigenvalue weighted by Gasteiger charge is -2.05. The largest absolute Gasteiger partial charge is 0.369 e. The Bertz CT molecular complexity index is 476. The molecule has 16 heavy (non-hydrogen) atoms. The number of anilines is 1. The first-order chi connectivity index (χ1) is 7.93. The van der Waals surface area contributed by atoms with E-state index in [1.54, 1.807) is 17.7 Å². The van der Waals surface area contributed by atoms with E-state index in [-0.39, 0.29) is 0 Å². The van der Waals surface area contributed by atoms with Crippen molar-refractivity contribution in [3.63, 3.8) is 0 Å². The molecule has 1 fully saturated rings. The van der Waals surface area contributed by atoms with Crippen LogP contribution in [0.25, 0.3) is 10.2 Å². The van der Waals surface area contributed by atoms with Crippen molar-refractivity contribution < 1.29 is 0 Å². The van der Waals surface area contributed by atoms with Gasteiger partial charge in [-0.2, -0.15) is 0 Å². The SMILES string of the molecule is c1nc(NCCCC2CC2)c2sccc2n1. The van der Waals surface area contributed by atoms with Gasteiger partial charge in [0.05, 0.1) is 10.2 Å². The molecule has 0 aliphatic heterocycles. The predicted molar refractivity (Wildman–Crippen MR) is 67.9 cm³/mol. The van der Waals surface area contributed by atoms with Gasteiger partial charge in [0.25, 0.3) is 0 Å². The summed E-state index contributed by atoms with van der Waals surface area (Å²) in [7, 11) is 0. The Morgan fingerprint density at radius 2 is 2.31 bits per heavy atom. The smallest absolute Gasteiger partial charge is 0.147 e. The molecule has 2 aromatic heterocycles. The number of aromatic nitrogens is 2. The molecule has 2 heterocycles. The summed E-state index contributed by atoms with van der Waals surface area (Å²) in [5.41, 5.74) is 1.05. The predicted octanol–water partition coefficient (Wildman–Crippen LogP) is 3.29. The molecule has 84 valence electrons. The highest BCUT2D eigenvalue weighted by Gasteiger charge is 2.19. The first-order valence-corrected chi connectivity index (χ1v) is 6.73. The molecule has 0 aromatic carbocycles. The number of nitrogens with one attached hydrogen (secondary N) is 1. The fraction of sp³-hybridized carbons (Fsp3) is 0.500. The zero-order chi connectivity index (χ0) is 10.8. The molecule has 0 spiro atoms. The van der Waals surface area contributed by atoms with Crippen LogP contribution in [0.3, 0.4) is 0 Å². The number of hydrogen-bond acceptors (Lipinski definition) is 4. The van der Waals surface area contributed by atoms with Crippen LogP contribution in [0.1, 0.15) is 25.7 Å². The average Bonchev–Trinajstić information content (AvgIpc) is 3.00. The van der Waals surface area contributed by atoms with Gasteiger partial charge in [-0.15, -0.1) is 11.3 Å². The fourth-order valence-electron chi connectivity index (χ4n) is 1.92. The Kier molecular flexibility index (Phi) is 2.74. The number of rotatable bonds is 5. The Labute approximate surface area is 98.9 Å². The van der Waals surface area contributed by atoms with Crippen LogP contribution < -0.4 is 5.32 Å². The summed E-state index contributed by atoms with van der Waals surface area (Å²) in [6.45, 7) is 1.03. The van der Waals surface area contributed by atoms with Gasteiger partial charge in [-0.25, -0.2) is 9.97 Å². The molecule has 0 bridgehead atoms. The van der Waals surface area contributed by atoms with Crippen molar-refractivity contribution in [2.45, 2.75) is 25.7 Å². The van der Waals surface area contributed by atoms with Gasteiger partial charge in [0.15, 0.2) is 0 Å². The molecule has 2 aromatic rings. The van der Waals surface area contributed by atoms with E-state index in [1.807, 2.05) is 6.07 Å². The highest BCUT2D eigenvalue weighted by atomic mass is 32.1. The van der Waals surface area contributed by atoms with Gasteiger partial charge in [-0.05, 0) is 30.2 Å². The van der Waals surface area contributed by atoms with Gasteiger partial charge in [-0.1, -0.05) is 12.8 Å².